The fraction of sp³-hybridized carbons (Fsp3) is 0.175. The quantitative estimate of drug-likeness (QED) is 0.0722. The fourth-order valence-corrected chi connectivity index (χ4v) is 8.12. The summed E-state index contributed by atoms with van der Waals surface area (Å²) in [6, 6.07) is 40.4. The number of hydrogen-bond donors (Lipinski definition) is 3. The lowest BCUT2D eigenvalue weighted by atomic mass is 9.97. The summed E-state index contributed by atoms with van der Waals surface area (Å²) in [6.45, 7) is 2.39. The maximum absolute atomic E-state index is 12.3. The van der Waals surface area contributed by atoms with Gasteiger partial charge in [-0.05, 0) is 71.6 Å². The molecule has 6 rings (SSSR count). The number of hydrogen-bond acceptors (Lipinski definition) is 4. The lowest BCUT2D eigenvalue weighted by Crippen LogP contribution is -2.36. The Morgan fingerprint density at radius 2 is 1.54 bits per heavy atom. The van der Waals surface area contributed by atoms with Gasteiger partial charge in [0.25, 0.3) is 0 Å². The van der Waals surface area contributed by atoms with Crippen LogP contribution >= 0.6 is 23.4 Å². The molecule has 0 spiro atoms. The molecule has 0 aliphatic heterocycles. The van der Waals surface area contributed by atoms with E-state index in [2.05, 4.69) is 52.6 Å². The van der Waals surface area contributed by atoms with Gasteiger partial charge in [-0.25, -0.2) is 13.7 Å². The zero-order chi connectivity index (χ0) is 35.0. The van der Waals surface area contributed by atoms with Gasteiger partial charge in [0.15, 0.2) is 0 Å². The molecule has 3 N–H and O–H groups in total. The Morgan fingerprint density at radius 3 is 2.16 bits per heavy atom. The number of ether oxygens (including phenoxy) is 1. The maximum Gasteiger partial charge on any atom is 0.335 e. The van der Waals surface area contributed by atoms with Crippen LogP contribution in [-0.4, -0.2) is 42.8 Å². The van der Waals surface area contributed by atoms with Gasteiger partial charge in [-0.1, -0.05) is 96.5 Å². The first-order valence-electron chi connectivity index (χ1n) is 16.2. The summed E-state index contributed by atoms with van der Waals surface area (Å²) < 4.78 is 33.9. The molecule has 0 fully saturated rings. The number of nitrogens with zero attached hydrogens (tertiary/aromatic N) is 1. The van der Waals surface area contributed by atoms with Crippen molar-refractivity contribution in [3.8, 4) is 5.75 Å². The van der Waals surface area contributed by atoms with Crippen molar-refractivity contribution in [3.05, 3.63) is 166 Å². The minimum absolute atomic E-state index is 0.191. The Balaban J connectivity index is 1.48. The molecule has 0 saturated carbocycles. The molecule has 0 amide bonds. The molecule has 1 aromatic heterocycles. The fourth-order valence-electron chi connectivity index (χ4n) is 6.35. The van der Waals surface area contributed by atoms with Crippen LogP contribution in [0.1, 0.15) is 44.3 Å². The Kier molecular flexibility index (Phi) is 11.7. The third kappa shape index (κ3) is 8.49. The topological polar surface area (TPSA) is 101 Å². The van der Waals surface area contributed by atoms with Gasteiger partial charge in [0.05, 0.1) is 23.7 Å². The van der Waals surface area contributed by atoms with E-state index in [-0.39, 0.29) is 17.6 Å². The number of carboxylic acid groups (broad SMARTS) is 1. The minimum atomic E-state index is -2.25. The predicted octanol–water partition coefficient (Wildman–Crippen LogP) is 8.99. The first kappa shape index (κ1) is 35.4. The highest BCUT2D eigenvalue weighted by atomic mass is 35.5. The smallest absolute Gasteiger partial charge is 0.335 e. The molecule has 5 aromatic carbocycles. The van der Waals surface area contributed by atoms with E-state index in [0.717, 1.165) is 43.7 Å². The van der Waals surface area contributed by atoms with Crippen LogP contribution in [0.4, 0.5) is 0 Å². The first-order valence-corrected chi connectivity index (χ1v) is 18.7. The van der Waals surface area contributed by atoms with Gasteiger partial charge < -0.3 is 14.4 Å². The third-order valence-corrected chi connectivity index (χ3v) is 10.7. The predicted molar refractivity (Wildman–Crippen MR) is 203 cm³/mol. The van der Waals surface area contributed by atoms with Gasteiger partial charge in [0.2, 0.25) is 11.3 Å². The molecule has 2 unspecified atom stereocenters. The number of aromatic nitrogens is 1. The zero-order valence-electron chi connectivity index (χ0n) is 27.4. The lowest BCUT2D eigenvalue weighted by molar-refractivity contribution is 0.0697. The second kappa shape index (κ2) is 16.6. The van der Waals surface area contributed by atoms with E-state index in [1.165, 1.54) is 12.1 Å². The number of aryl methyl sites for hydroxylation is 1. The van der Waals surface area contributed by atoms with Gasteiger partial charge in [-0.2, -0.15) is 0 Å². The highest BCUT2D eigenvalue weighted by Crippen LogP contribution is 2.38. The van der Waals surface area contributed by atoms with Gasteiger partial charge in [0, 0.05) is 45.6 Å². The minimum Gasteiger partial charge on any atom is -0.493 e. The van der Waals surface area contributed by atoms with Crippen molar-refractivity contribution in [2.24, 2.45) is 0 Å². The van der Waals surface area contributed by atoms with Gasteiger partial charge >= 0.3 is 5.97 Å². The van der Waals surface area contributed by atoms with E-state index in [1.54, 1.807) is 23.9 Å². The molecule has 0 aliphatic carbocycles. The van der Waals surface area contributed by atoms with Crippen LogP contribution in [0.2, 0.25) is 5.02 Å². The molecule has 10 heteroatoms. The Labute approximate surface area is 303 Å². The molecule has 6 aromatic rings. The van der Waals surface area contributed by atoms with Gasteiger partial charge in [0.1, 0.15) is 5.75 Å². The molecular weight excluding hydrogens is 688 g/mol. The molecular formula is C40H37ClN2O5S2. The summed E-state index contributed by atoms with van der Waals surface area (Å²) in [6.07, 6.45) is 0.966. The van der Waals surface area contributed by atoms with Crippen LogP contribution in [0.3, 0.4) is 0 Å². The van der Waals surface area contributed by atoms with Crippen LogP contribution in [0, 0.1) is 6.92 Å². The second-order valence-corrected chi connectivity index (χ2v) is 14.2. The van der Waals surface area contributed by atoms with Crippen LogP contribution in [0.25, 0.3) is 10.9 Å². The molecule has 50 heavy (non-hydrogen) atoms. The molecule has 7 nitrogen and oxygen atoms in total. The van der Waals surface area contributed by atoms with E-state index >= 15 is 0 Å². The number of carboxylic acids is 1. The summed E-state index contributed by atoms with van der Waals surface area (Å²) >= 11 is 6.11. The zero-order valence-corrected chi connectivity index (χ0v) is 29.8. The van der Waals surface area contributed by atoms with Crippen LogP contribution in [0.15, 0.2) is 132 Å². The number of halogens is 1. The Bertz CT molecular complexity index is 2050. The molecule has 1 heterocycles. The Hall–Kier alpha value is -4.38. The van der Waals surface area contributed by atoms with Crippen molar-refractivity contribution in [2.45, 2.75) is 36.7 Å². The van der Waals surface area contributed by atoms with Crippen molar-refractivity contribution in [1.82, 2.24) is 9.29 Å². The van der Waals surface area contributed by atoms with E-state index in [1.807, 2.05) is 66.7 Å². The van der Waals surface area contributed by atoms with Crippen molar-refractivity contribution in [2.75, 3.05) is 12.4 Å². The highest BCUT2D eigenvalue weighted by Gasteiger charge is 2.28. The third-order valence-electron chi connectivity index (χ3n) is 8.64. The number of benzene rings is 5. The number of rotatable bonds is 15. The summed E-state index contributed by atoms with van der Waals surface area (Å²) in [5, 5.41) is 10.9. The standard InChI is InChI=1S/C40H37ClN2O5S2/c1-27-10-8-9-15-38(27)49-26-32(42-50(46)47)25-37-35(22-23-48-33-19-16-30(17-20-33)40(44)45)34-21-18-31(41)24-36(34)43(37)39(28-11-4-2-5-12-28)29-13-6-3-7-14-29/h2-21,24,32,39,42H,22-23,25-26H2,1H3,(H,44,45)(H,46,47). The van der Waals surface area contributed by atoms with E-state index < -0.39 is 17.2 Å². The number of thioether (sulfide) groups is 1. The highest BCUT2D eigenvalue weighted by molar-refractivity contribution is 7.99. The first-order chi connectivity index (χ1) is 24.3. The van der Waals surface area contributed by atoms with Gasteiger partial charge in [-0.15, -0.1) is 11.8 Å². The lowest BCUT2D eigenvalue weighted by Gasteiger charge is -2.27. The molecule has 0 saturated heterocycles. The average molecular weight is 725 g/mol. The Morgan fingerprint density at radius 1 is 0.900 bits per heavy atom. The van der Waals surface area contributed by atoms with Crippen molar-refractivity contribution >= 4 is 51.5 Å². The number of aromatic carboxylic acids is 1. The van der Waals surface area contributed by atoms with E-state index in [0.29, 0.717) is 36.0 Å². The van der Waals surface area contributed by atoms with E-state index in [9.17, 15) is 18.7 Å². The summed E-state index contributed by atoms with van der Waals surface area (Å²) in [5.41, 5.74) is 6.50. The maximum atomic E-state index is 12.3. The summed E-state index contributed by atoms with van der Waals surface area (Å²) in [5.74, 6) is 0.123. The van der Waals surface area contributed by atoms with Crippen LogP contribution < -0.4 is 9.46 Å². The monoisotopic (exact) mass is 724 g/mol. The van der Waals surface area contributed by atoms with Crippen molar-refractivity contribution < 1.29 is 23.4 Å². The summed E-state index contributed by atoms with van der Waals surface area (Å²) in [4.78, 5) is 12.5. The molecule has 2 atom stereocenters. The number of fused-ring (bicyclic) bond motifs is 1. The van der Waals surface area contributed by atoms with Crippen molar-refractivity contribution in [3.63, 3.8) is 0 Å². The molecule has 0 bridgehead atoms. The number of nitrogens with one attached hydrogen (secondary N) is 1. The summed E-state index contributed by atoms with van der Waals surface area (Å²) in [7, 11) is 0. The molecule has 0 radical (unpaired) electrons. The molecule has 256 valence electrons. The van der Waals surface area contributed by atoms with Gasteiger partial charge in [-0.3, -0.25) is 4.55 Å². The largest absolute Gasteiger partial charge is 0.493 e. The van der Waals surface area contributed by atoms with Crippen LogP contribution in [-0.2, 0) is 24.1 Å². The average Bonchev–Trinajstić information content (AvgIpc) is 3.40. The normalized spacial score (nSPS) is 12.6. The second-order valence-electron chi connectivity index (χ2n) is 12.0. The van der Waals surface area contributed by atoms with Crippen molar-refractivity contribution in [1.29, 1.82) is 0 Å². The molecule has 0 aliphatic rings. The SMILES string of the molecule is Cc1ccccc1SCC(Cc1c(CCOc2ccc(C(=O)O)cc2)c2ccc(Cl)cc2n1C(c1ccccc1)c1ccccc1)NS(=O)O. The number of carbonyl (C=O) groups is 1. The van der Waals surface area contributed by atoms with Crippen LogP contribution in [0.5, 0.6) is 5.75 Å². The van der Waals surface area contributed by atoms with E-state index in [4.69, 9.17) is 16.3 Å².